The molecule has 0 aliphatic heterocycles. The molecule has 2 heterocycles. The number of amides is 1. The Hall–Kier alpha value is -2.56. The number of aryl methyl sites for hydroxylation is 2. The van der Waals surface area contributed by atoms with Crippen LogP contribution < -0.4 is 10.1 Å². The number of carbonyl (C=O) groups is 2. The van der Waals surface area contributed by atoms with Gasteiger partial charge in [-0.15, -0.1) is 21.5 Å². The van der Waals surface area contributed by atoms with E-state index in [1.165, 1.54) is 30.2 Å². The number of carbonyl (C=O) groups excluding carboxylic acids is 2. The molecule has 1 amide bonds. The van der Waals surface area contributed by atoms with Crippen molar-refractivity contribution in [3.05, 3.63) is 50.6 Å². The zero-order valence-corrected chi connectivity index (χ0v) is 20.8. The molecule has 11 heteroatoms. The van der Waals surface area contributed by atoms with E-state index in [-0.39, 0.29) is 18.3 Å². The molecular weight excluding hydrogens is 484 g/mol. The standard InChI is InChI=1S/C22H23ClN4O4S2/c1-12-9-13(23)7-8-15(12)31-10-17-25-26-22(27(17)2)32-11-18(28)24-20-19(21(29)30-3)14-5-4-6-16(14)33-20/h7-9H,4-6,10-11H2,1-3H3,(H,24,28). The van der Waals surface area contributed by atoms with Gasteiger partial charge in [0.25, 0.3) is 0 Å². The van der Waals surface area contributed by atoms with Crippen LogP contribution in [0.2, 0.25) is 5.02 Å². The number of hydrogen-bond acceptors (Lipinski definition) is 8. The highest BCUT2D eigenvalue weighted by atomic mass is 35.5. The highest BCUT2D eigenvalue weighted by molar-refractivity contribution is 7.99. The molecule has 0 fully saturated rings. The molecule has 8 nitrogen and oxygen atoms in total. The van der Waals surface area contributed by atoms with Gasteiger partial charge in [-0.2, -0.15) is 0 Å². The summed E-state index contributed by atoms with van der Waals surface area (Å²) in [6, 6.07) is 5.42. The predicted molar refractivity (Wildman–Crippen MR) is 129 cm³/mol. The number of benzene rings is 1. The Morgan fingerprint density at radius 1 is 1.30 bits per heavy atom. The van der Waals surface area contributed by atoms with Crippen molar-refractivity contribution in [1.29, 1.82) is 0 Å². The van der Waals surface area contributed by atoms with Gasteiger partial charge in [-0.3, -0.25) is 4.79 Å². The van der Waals surface area contributed by atoms with Crippen LogP contribution in [0.1, 0.15) is 38.6 Å². The van der Waals surface area contributed by atoms with Crippen molar-refractivity contribution in [3.63, 3.8) is 0 Å². The van der Waals surface area contributed by atoms with Gasteiger partial charge in [0.1, 0.15) is 17.4 Å². The summed E-state index contributed by atoms with van der Waals surface area (Å²) in [5, 5.41) is 13.0. The van der Waals surface area contributed by atoms with E-state index >= 15 is 0 Å². The van der Waals surface area contributed by atoms with Crippen LogP contribution in [-0.2, 0) is 36.0 Å². The van der Waals surface area contributed by atoms with Crippen molar-refractivity contribution in [2.45, 2.75) is 37.9 Å². The van der Waals surface area contributed by atoms with Crippen LogP contribution in [-0.4, -0.2) is 39.5 Å². The van der Waals surface area contributed by atoms with E-state index in [4.69, 9.17) is 21.1 Å². The molecule has 1 aromatic carbocycles. The molecule has 4 rings (SSSR count). The topological polar surface area (TPSA) is 95.3 Å². The minimum atomic E-state index is -0.411. The molecule has 0 saturated heterocycles. The molecule has 2 aromatic heterocycles. The lowest BCUT2D eigenvalue weighted by atomic mass is 10.1. The molecular formula is C22H23ClN4O4S2. The molecule has 0 unspecified atom stereocenters. The molecule has 1 aliphatic carbocycles. The number of hydrogen-bond donors (Lipinski definition) is 1. The smallest absolute Gasteiger partial charge is 0.341 e. The van der Waals surface area contributed by atoms with E-state index in [0.29, 0.717) is 26.6 Å². The third-order valence-electron chi connectivity index (χ3n) is 5.31. The van der Waals surface area contributed by atoms with Crippen LogP contribution in [0.25, 0.3) is 0 Å². The number of nitrogens with one attached hydrogen (secondary N) is 1. The van der Waals surface area contributed by atoms with Crippen LogP contribution in [0.15, 0.2) is 23.4 Å². The van der Waals surface area contributed by atoms with Crippen molar-refractivity contribution in [1.82, 2.24) is 14.8 Å². The molecule has 33 heavy (non-hydrogen) atoms. The van der Waals surface area contributed by atoms with Crippen LogP contribution in [0.5, 0.6) is 5.75 Å². The van der Waals surface area contributed by atoms with Gasteiger partial charge in [-0.25, -0.2) is 4.79 Å². The Morgan fingerprint density at radius 3 is 2.88 bits per heavy atom. The molecule has 0 bridgehead atoms. The second-order valence-electron chi connectivity index (χ2n) is 7.55. The maximum Gasteiger partial charge on any atom is 0.341 e. The summed E-state index contributed by atoms with van der Waals surface area (Å²) in [7, 11) is 3.18. The number of aromatic nitrogens is 3. The second kappa shape index (κ2) is 10.1. The first-order chi connectivity index (χ1) is 15.9. The number of esters is 1. The van der Waals surface area contributed by atoms with Gasteiger partial charge in [0, 0.05) is 16.9 Å². The Labute approximate surface area is 204 Å². The predicted octanol–water partition coefficient (Wildman–Crippen LogP) is 4.42. The zero-order valence-electron chi connectivity index (χ0n) is 18.4. The lowest BCUT2D eigenvalue weighted by Gasteiger charge is -2.09. The summed E-state index contributed by atoms with van der Waals surface area (Å²) in [6.45, 7) is 2.16. The van der Waals surface area contributed by atoms with Crippen molar-refractivity contribution in [3.8, 4) is 5.75 Å². The van der Waals surface area contributed by atoms with E-state index in [1.807, 2.05) is 26.1 Å². The molecule has 1 N–H and O–H groups in total. The largest absolute Gasteiger partial charge is 0.485 e. The number of anilines is 1. The van der Waals surface area contributed by atoms with Gasteiger partial charge in [-0.1, -0.05) is 23.4 Å². The third kappa shape index (κ3) is 5.18. The maximum absolute atomic E-state index is 12.6. The van der Waals surface area contributed by atoms with Crippen molar-refractivity contribution < 1.29 is 19.1 Å². The van der Waals surface area contributed by atoms with Crippen molar-refractivity contribution >= 4 is 51.6 Å². The average molecular weight is 507 g/mol. The SMILES string of the molecule is COC(=O)c1c(NC(=O)CSc2nnc(COc3ccc(Cl)cc3C)n2C)sc2c1CCC2. The quantitative estimate of drug-likeness (QED) is 0.357. The van der Waals surface area contributed by atoms with Gasteiger partial charge in [0.15, 0.2) is 11.0 Å². The summed E-state index contributed by atoms with van der Waals surface area (Å²) in [4.78, 5) is 26.0. The number of rotatable bonds is 8. The van der Waals surface area contributed by atoms with Gasteiger partial charge in [-0.05, 0) is 55.5 Å². The fraction of sp³-hybridized carbons (Fsp3) is 0.364. The summed E-state index contributed by atoms with van der Waals surface area (Å²) >= 11 is 8.71. The number of methoxy groups -OCH3 is 1. The highest BCUT2D eigenvalue weighted by Gasteiger charge is 2.28. The van der Waals surface area contributed by atoms with Gasteiger partial charge in [0.2, 0.25) is 5.91 Å². The first-order valence-corrected chi connectivity index (χ1v) is 12.5. The molecule has 174 valence electrons. The molecule has 1 aliphatic rings. The highest BCUT2D eigenvalue weighted by Crippen LogP contribution is 2.39. The number of thiophene rings is 1. The number of halogens is 1. The number of fused-ring (bicyclic) bond motifs is 1. The first-order valence-electron chi connectivity index (χ1n) is 10.3. The third-order valence-corrected chi connectivity index (χ3v) is 7.78. The average Bonchev–Trinajstić information content (AvgIpc) is 3.46. The lowest BCUT2D eigenvalue weighted by molar-refractivity contribution is -0.113. The van der Waals surface area contributed by atoms with Crippen molar-refractivity contribution in [2.75, 3.05) is 18.2 Å². The van der Waals surface area contributed by atoms with E-state index in [0.717, 1.165) is 41.0 Å². The maximum atomic E-state index is 12.6. The fourth-order valence-corrected chi connectivity index (χ4v) is 5.87. The number of ether oxygens (including phenoxy) is 2. The Bertz CT molecular complexity index is 1210. The first kappa shape index (κ1) is 23.6. The molecule has 3 aromatic rings. The van der Waals surface area contributed by atoms with Crippen molar-refractivity contribution in [2.24, 2.45) is 7.05 Å². The van der Waals surface area contributed by atoms with Crippen LogP contribution in [0, 0.1) is 6.92 Å². The molecule has 0 radical (unpaired) electrons. The molecule has 0 saturated carbocycles. The van der Waals surface area contributed by atoms with Gasteiger partial charge in [0.05, 0.1) is 18.4 Å². The van der Waals surface area contributed by atoms with E-state index in [9.17, 15) is 9.59 Å². The van der Waals surface area contributed by atoms with E-state index in [2.05, 4.69) is 15.5 Å². The summed E-state index contributed by atoms with van der Waals surface area (Å²) in [5.74, 6) is 0.857. The normalized spacial score (nSPS) is 12.5. The van der Waals surface area contributed by atoms with Crippen LogP contribution in [0.3, 0.4) is 0 Å². The number of nitrogens with zero attached hydrogens (tertiary/aromatic N) is 3. The Kier molecular flexibility index (Phi) is 7.26. The second-order valence-corrected chi connectivity index (χ2v) is 10.0. The van der Waals surface area contributed by atoms with E-state index < -0.39 is 5.97 Å². The minimum Gasteiger partial charge on any atom is -0.485 e. The minimum absolute atomic E-state index is 0.131. The Morgan fingerprint density at radius 2 is 2.12 bits per heavy atom. The lowest BCUT2D eigenvalue weighted by Crippen LogP contribution is -2.16. The van der Waals surface area contributed by atoms with Gasteiger partial charge >= 0.3 is 5.97 Å². The molecule has 0 atom stereocenters. The summed E-state index contributed by atoms with van der Waals surface area (Å²) in [5.41, 5.74) is 2.43. The van der Waals surface area contributed by atoms with E-state index in [1.54, 1.807) is 10.6 Å². The Balaban J connectivity index is 1.36. The van der Waals surface area contributed by atoms with Crippen LogP contribution >= 0.6 is 34.7 Å². The molecule has 0 spiro atoms. The number of thioether (sulfide) groups is 1. The van der Waals surface area contributed by atoms with Crippen LogP contribution in [0.4, 0.5) is 5.00 Å². The zero-order chi connectivity index (χ0) is 23.5. The van der Waals surface area contributed by atoms with Gasteiger partial charge < -0.3 is 19.4 Å². The monoisotopic (exact) mass is 506 g/mol. The summed E-state index contributed by atoms with van der Waals surface area (Å²) in [6.07, 6.45) is 2.78. The summed E-state index contributed by atoms with van der Waals surface area (Å²) < 4.78 is 12.6. The fourth-order valence-electron chi connectivity index (χ4n) is 3.62.